The molecule has 1 atom stereocenters. The predicted octanol–water partition coefficient (Wildman–Crippen LogP) is 6.16. The molecule has 0 aliphatic carbocycles. The number of hydrogen-bond donors (Lipinski definition) is 1. The highest BCUT2D eigenvalue weighted by atomic mass is 35.5. The number of pyridine rings is 1. The number of fused-ring (bicyclic) bond motifs is 1. The lowest BCUT2D eigenvalue weighted by molar-refractivity contribution is 0.0816. The summed E-state index contributed by atoms with van der Waals surface area (Å²) >= 11 is 6.38. The van der Waals surface area contributed by atoms with Crippen molar-refractivity contribution in [1.82, 2.24) is 9.88 Å². The molecule has 1 N–H and O–H groups in total. The Labute approximate surface area is 204 Å². The number of nitrogens with zero attached hydrogens (tertiary/aromatic N) is 2. The maximum absolute atomic E-state index is 12.7. The van der Waals surface area contributed by atoms with Crippen molar-refractivity contribution in [3.8, 4) is 20.9 Å². The second-order valence-electron chi connectivity index (χ2n) is 7.94. The number of hydrogen-bond acceptors (Lipinski definition) is 5. The standard InChI is InChI=1S/C25H20ClN3O2S2/c1-15-3-5-20(11-22(15)26)33(31)28-19-10-17(12-27-13-19)24-8-7-23(32-24)16-4-6-21-18(9-16)14-29(2)25(21)30/h3-13,28H,14H2,1-2H3. The number of carbonyl (C=O) groups is 1. The van der Waals surface area contributed by atoms with Gasteiger partial charge in [0.2, 0.25) is 0 Å². The van der Waals surface area contributed by atoms with Gasteiger partial charge in [-0.05, 0) is 60.0 Å². The van der Waals surface area contributed by atoms with Crippen LogP contribution >= 0.6 is 22.9 Å². The van der Waals surface area contributed by atoms with Crippen molar-refractivity contribution in [2.75, 3.05) is 11.8 Å². The van der Waals surface area contributed by atoms with Gasteiger partial charge < -0.3 is 9.45 Å². The van der Waals surface area contributed by atoms with Crippen LogP contribution in [0.5, 0.6) is 0 Å². The number of thiophene rings is 1. The van der Waals surface area contributed by atoms with Crippen molar-refractivity contribution < 1.29 is 9.35 Å². The van der Waals surface area contributed by atoms with Crippen LogP contribution in [0.25, 0.3) is 20.9 Å². The molecule has 8 heteroatoms. The maximum atomic E-state index is 12.7. The van der Waals surface area contributed by atoms with E-state index in [1.54, 1.807) is 40.8 Å². The minimum absolute atomic E-state index is 0.0732. The molecule has 0 fully saturated rings. The third kappa shape index (κ3) is 4.37. The average Bonchev–Trinajstić information content (AvgIpc) is 3.41. The van der Waals surface area contributed by atoms with E-state index in [2.05, 4.69) is 27.9 Å². The van der Waals surface area contributed by atoms with Crippen molar-refractivity contribution in [3.63, 3.8) is 0 Å². The zero-order valence-electron chi connectivity index (χ0n) is 18.0. The smallest absolute Gasteiger partial charge is 0.254 e. The average molecular weight is 494 g/mol. The van der Waals surface area contributed by atoms with E-state index >= 15 is 0 Å². The Hall–Kier alpha value is -2.84. The lowest BCUT2D eigenvalue weighted by Crippen LogP contribution is -2.17. The summed E-state index contributed by atoms with van der Waals surface area (Å²) in [5.74, 6) is 0.0732. The molecule has 5 nitrogen and oxygen atoms in total. The highest BCUT2D eigenvalue weighted by molar-refractivity contribution is 7.92. The van der Waals surface area contributed by atoms with Crippen LogP contribution in [0.15, 0.2) is 71.9 Å². The van der Waals surface area contributed by atoms with Crippen LogP contribution in [0.1, 0.15) is 21.5 Å². The predicted molar refractivity (Wildman–Crippen MR) is 135 cm³/mol. The highest BCUT2D eigenvalue weighted by Gasteiger charge is 2.24. The summed E-state index contributed by atoms with van der Waals surface area (Å²) in [5, 5.41) is 0.586. The van der Waals surface area contributed by atoms with Gasteiger partial charge in [-0.3, -0.25) is 9.78 Å². The number of amides is 1. The first-order valence-corrected chi connectivity index (χ1v) is 12.6. The fourth-order valence-electron chi connectivity index (χ4n) is 3.75. The van der Waals surface area contributed by atoms with Gasteiger partial charge in [-0.2, -0.15) is 0 Å². The molecule has 0 saturated heterocycles. The third-order valence-electron chi connectivity index (χ3n) is 5.57. The first kappa shape index (κ1) is 22.0. The molecule has 1 unspecified atom stereocenters. The first-order chi connectivity index (χ1) is 15.9. The normalized spacial score (nSPS) is 13.8. The summed E-state index contributed by atoms with van der Waals surface area (Å²) < 4.78 is 15.8. The third-order valence-corrected chi connectivity index (χ3v) is 8.26. The molecule has 0 spiro atoms. The molecular formula is C25H20ClN3O2S2. The second kappa shape index (κ2) is 8.83. The monoisotopic (exact) mass is 493 g/mol. The molecular weight excluding hydrogens is 474 g/mol. The van der Waals surface area contributed by atoms with Crippen LogP contribution < -0.4 is 4.72 Å². The van der Waals surface area contributed by atoms with Gasteiger partial charge in [0.15, 0.2) is 4.90 Å². The number of anilines is 1. The summed E-state index contributed by atoms with van der Waals surface area (Å²) in [6.45, 7) is 2.55. The van der Waals surface area contributed by atoms with Crippen LogP contribution in [0, 0.1) is 6.92 Å². The van der Waals surface area contributed by atoms with Gasteiger partial charge >= 0.3 is 0 Å². The Morgan fingerprint density at radius 3 is 2.64 bits per heavy atom. The summed E-state index contributed by atoms with van der Waals surface area (Å²) in [7, 11) is 1.82. The largest absolute Gasteiger partial charge is 0.588 e. The second-order valence-corrected chi connectivity index (χ2v) is 10.6. The van der Waals surface area contributed by atoms with Gasteiger partial charge in [0.25, 0.3) is 5.91 Å². The Morgan fingerprint density at radius 1 is 1.06 bits per heavy atom. The number of rotatable bonds is 5. The van der Waals surface area contributed by atoms with Crippen LogP contribution in [0.4, 0.5) is 5.69 Å². The van der Waals surface area contributed by atoms with E-state index in [0.29, 0.717) is 22.2 Å². The molecule has 1 amide bonds. The van der Waals surface area contributed by atoms with Gasteiger partial charge in [-0.1, -0.05) is 23.7 Å². The molecule has 2 aromatic carbocycles. The summed E-state index contributed by atoms with van der Waals surface area (Å²) in [6, 6.07) is 17.4. The number of benzene rings is 2. The van der Waals surface area contributed by atoms with E-state index < -0.39 is 11.4 Å². The highest BCUT2D eigenvalue weighted by Crippen LogP contribution is 2.37. The minimum atomic E-state index is -1.45. The minimum Gasteiger partial charge on any atom is -0.588 e. The van der Waals surface area contributed by atoms with Crippen LogP contribution in [-0.2, 0) is 17.9 Å². The number of halogens is 1. The van der Waals surface area contributed by atoms with Gasteiger partial charge in [0, 0.05) is 51.8 Å². The number of nitrogens with one attached hydrogen (secondary N) is 1. The van der Waals surface area contributed by atoms with E-state index in [1.165, 1.54) is 0 Å². The number of aryl methyl sites for hydroxylation is 1. The van der Waals surface area contributed by atoms with Crippen LogP contribution in [0.2, 0.25) is 5.02 Å². The van der Waals surface area contributed by atoms with Crippen LogP contribution in [0.3, 0.4) is 0 Å². The zero-order valence-corrected chi connectivity index (χ0v) is 20.4. The topological polar surface area (TPSA) is 68.3 Å². The Bertz CT molecular complexity index is 1370. The van der Waals surface area contributed by atoms with E-state index in [1.807, 2.05) is 38.2 Å². The van der Waals surface area contributed by atoms with Crippen molar-refractivity contribution in [1.29, 1.82) is 0 Å². The summed E-state index contributed by atoms with van der Waals surface area (Å²) in [5.41, 5.74) is 5.47. The Balaban J connectivity index is 1.36. The SMILES string of the molecule is Cc1ccc([S+]([O-])Nc2cncc(-c3ccc(-c4ccc5c(c4)CN(C)C5=O)s3)c2)cc1Cl. The molecule has 4 aromatic rings. The van der Waals surface area contributed by atoms with Gasteiger partial charge in [-0.15, -0.1) is 11.3 Å². The Morgan fingerprint density at radius 2 is 1.85 bits per heavy atom. The molecule has 33 heavy (non-hydrogen) atoms. The first-order valence-electron chi connectivity index (χ1n) is 10.3. The zero-order chi connectivity index (χ0) is 23.1. The molecule has 166 valence electrons. The maximum Gasteiger partial charge on any atom is 0.254 e. The van der Waals surface area contributed by atoms with Gasteiger partial charge in [0.1, 0.15) is 17.0 Å². The lowest BCUT2D eigenvalue weighted by Gasteiger charge is -2.12. The number of aromatic nitrogens is 1. The summed E-state index contributed by atoms with van der Waals surface area (Å²) in [6.07, 6.45) is 3.45. The van der Waals surface area contributed by atoms with E-state index in [4.69, 9.17) is 11.6 Å². The van der Waals surface area contributed by atoms with Crippen molar-refractivity contribution in [2.24, 2.45) is 0 Å². The fourth-order valence-corrected chi connectivity index (χ4v) is 5.84. The van der Waals surface area contributed by atoms with Gasteiger partial charge in [-0.25, -0.2) is 4.72 Å². The summed E-state index contributed by atoms with van der Waals surface area (Å²) in [4.78, 5) is 21.0. The van der Waals surface area contributed by atoms with Crippen molar-refractivity contribution >= 4 is 45.9 Å². The van der Waals surface area contributed by atoms with E-state index in [0.717, 1.165) is 37.6 Å². The van der Waals surface area contributed by atoms with E-state index in [-0.39, 0.29) is 5.91 Å². The van der Waals surface area contributed by atoms with E-state index in [9.17, 15) is 9.35 Å². The van der Waals surface area contributed by atoms with Crippen LogP contribution in [-0.4, -0.2) is 27.4 Å². The molecule has 1 aliphatic rings. The fraction of sp³-hybridized carbons (Fsp3) is 0.120. The van der Waals surface area contributed by atoms with Crippen molar-refractivity contribution in [3.05, 3.63) is 88.7 Å². The molecule has 1 aliphatic heterocycles. The van der Waals surface area contributed by atoms with Gasteiger partial charge in [0.05, 0.1) is 6.20 Å². The quantitative estimate of drug-likeness (QED) is 0.338. The molecule has 3 heterocycles. The molecule has 0 radical (unpaired) electrons. The Kier molecular flexibility index (Phi) is 5.88. The molecule has 0 bridgehead atoms. The number of carbonyl (C=O) groups excluding carboxylic acids is 1. The molecule has 5 rings (SSSR count). The lowest BCUT2D eigenvalue weighted by atomic mass is 10.1. The molecule has 2 aromatic heterocycles. The van der Waals surface area contributed by atoms with Crippen molar-refractivity contribution in [2.45, 2.75) is 18.4 Å². The molecule has 0 saturated carbocycles.